The monoisotopic (exact) mass is 260 g/mol. The van der Waals surface area contributed by atoms with E-state index in [0.717, 1.165) is 5.76 Å². The van der Waals surface area contributed by atoms with Crippen LogP contribution >= 0.6 is 0 Å². The molecule has 0 aliphatic rings. The smallest absolute Gasteiger partial charge is 0.251 e. The number of methoxy groups -OCH3 is 1. The van der Waals surface area contributed by atoms with E-state index in [4.69, 9.17) is 14.9 Å². The van der Waals surface area contributed by atoms with Gasteiger partial charge in [-0.1, -0.05) is 0 Å². The van der Waals surface area contributed by atoms with Crippen LogP contribution in [0.1, 0.15) is 21.9 Å². The lowest BCUT2D eigenvalue weighted by atomic mass is 10.2. The largest absolute Gasteiger partial charge is 0.495 e. The molecule has 2 rings (SSSR count). The number of ether oxygens (including phenoxy) is 1. The van der Waals surface area contributed by atoms with Crippen LogP contribution in [-0.4, -0.2) is 13.0 Å². The van der Waals surface area contributed by atoms with Crippen molar-refractivity contribution in [1.29, 1.82) is 0 Å². The molecule has 2 aromatic rings. The van der Waals surface area contributed by atoms with Gasteiger partial charge in [-0.15, -0.1) is 0 Å². The van der Waals surface area contributed by atoms with Gasteiger partial charge in [-0.25, -0.2) is 0 Å². The summed E-state index contributed by atoms with van der Waals surface area (Å²) < 4.78 is 10.5. The highest BCUT2D eigenvalue weighted by molar-refractivity contribution is 5.95. The summed E-state index contributed by atoms with van der Waals surface area (Å²) in [5.41, 5.74) is 6.69. The van der Waals surface area contributed by atoms with Gasteiger partial charge in [0.25, 0.3) is 5.91 Å². The van der Waals surface area contributed by atoms with Crippen LogP contribution in [0.15, 0.2) is 34.7 Å². The van der Waals surface area contributed by atoms with Crippen LogP contribution in [-0.2, 0) is 6.54 Å². The van der Waals surface area contributed by atoms with Gasteiger partial charge < -0.3 is 20.2 Å². The predicted molar refractivity (Wildman–Crippen MR) is 72.0 cm³/mol. The summed E-state index contributed by atoms with van der Waals surface area (Å²) in [4.78, 5) is 12.0. The number of hydrogen-bond donors (Lipinski definition) is 2. The van der Waals surface area contributed by atoms with E-state index in [2.05, 4.69) is 5.32 Å². The van der Waals surface area contributed by atoms with E-state index in [1.54, 1.807) is 18.2 Å². The fourth-order valence-corrected chi connectivity index (χ4v) is 1.70. The zero-order chi connectivity index (χ0) is 13.8. The lowest BCUT2D eigenvalue weighted by Gasteiger charge is -2.07. The Morgan fingerprint density at radius 2 is 2.16 bits per heavy atom. The van der Waals surface area contributed by atoms with Gasteiger partial charge in [0, 0.05) is 5.56 Å². The fraction of sp³-hybridized carbons (Fsp3) is 0.214. The van der Waals surface area contributed by atoms with Crippen LogP contribution in [0.25, 0.3) is 0 Å². The van der Waals surface area contributed by atoms with Crippen LogP contribution < -0.4 is 15.8 Å². The molecule has 1 amide bonds. The molecule has 1 aromatic heterocycles. The molecule has 0 atom stereocenters. The molecule has 3 N–H and O–H groups in total. The molecule has 1 heterocycles. The van der Waals surface area contributed by atoms with E-state index >= 15 is 0 Å². The highest BCUT2D eigenvalue weighted by Gasteiger charge is 2.09. The number of rotatable bonds is 4. The van der Waals surface area contributed by atoms with Crippen molar-refractivity contribution in [2.75, 3.05) is 12.8 Å². The molecule has 19 heavy (non-hydrogen) atoms. The van der Waals surface area contributed by atoms with Crippen molar-refractivity contribution in [2.24, 2.45) is 0 Å². The van der Waals surface area contributed by atoms with Crippen LogP contribution in [0.5, 0.6) is 5.75 Å². The van der Waals surface area contributed by atoms with Crippen LogP contribution in [0, 0.1) is 6.92 Å². The van der Waals surface area contributed by atoms with Gasteiger partial charge in [0.1, 0.15) is 17.3 Å². The molecule has 0 saturated carbocycles. The van der Waals surface area contributed by atoms with Crippen molar-refractivity contribution >= 4 is 11.6 Å². The Morgan fingerprint density at radius 1 is 1.37 bits per heavy atom. The number of hydrogen-bond acceptors (Lipinski definition) is 4. The number of nitrogens with two attached hydrogens (primary N) is 1. The molecule has 0 unspecified atom stereocenters. The topological polar surface area (TPSA) is 77.5 Å². The van der Waals surface area contributed by atoms with E-state index in [9.17, 15) is 4.79 Å². The number of amides is 1. The molecule has 0 fully saturated rings. The number of furan rings is 1. The molecule has 0 bridgehead atoms. The number of benzene rings is 1. The lowest BCUT2D eigenvalue weighted by molar-refractivity contribution is 0.0947. The summed E-state index contributed by atoms with van der Waals surface area (Å²) in [6.07, 6.45) is 0. The molecular formula is C14H16N2O3. The van der Waals surface area contributed by atoms with E-state index < -0.39 is 0 Å². The first-order valence-electron chi connectivity index (χ1n) is 5.87. The Kier molecular flexibility index (Phi) is 3.75. The fourth-order valence-electron chi connectivity index (χ4n) is 1.70. The third-order valence-electron chi connectivity index (χ3n) is 2.71. The number of carbonyl (C=O) groups excluding carboxylic acids is 1. The van der Waals surface area contributed by atoms with Crippen molar-refractivity contribution in [3.8, 4) is 5.75 Å². The van der Waals surface area contributed by atoms with Crippen LogP contribution in [0.4, 0.5) is 5.69 Å². The summed E-state index contributed by atoms with van der Waals surface area (Å²) >= 11 is 0. The average Bonchev–Trinajstić information content (AvgIpc) is 2.82. The molecule has 0 aliphatic carbocycles. The highest BCUT2D eigenvalue weighted by atomic mass is 16.5. The number of anilines is 1. The van der Waals surface area contributed by atoms with Crippen molar-refractivity contribution in [3.05, 3.63) is 47.4 Å². The van der Waals surface area contributed by atoms with Gasteiger partial charge in [-0.2, -0.15) is 0 Å². The number of aryl methyl sites for hydroxylation is 1. The van der Waals surface area contributed by atoms with Crippen LogP contribution in [0.3, 0.4) is 0 Å². The Bertz CT molecular complexity index is 590. The maximum absolute atomic E-state index is 12.0. The van der Waals surface area contributed by atoms with E-state index in [0.29, 0.717) is 29.3 Å². The predicted octanol–water partition coefficient (Wildman–Crippen LogP) is 2.11. The molecule has 0 radical (unpaired) electrons. The second-order valence-electron chi connectivity index (χ2n) is 4.15. The molecular weight excluding hydrogens is 244 g/mol. The average molecular weight is 260 g/mol. The van der Waals surface area contributed by atoms with Gasteiger partial charge in [0.05, 0.1) is 19.3 Å². The summed E-state index contributed by atoms with van der Waals surface area (Å²) in [5.74, 6) is 1.82. The van der Waals surface area contributed by atoms with E-state index in [-0.39, 0.29) is 5.91 Å². The first-order valence-corrected chi connectivity index (χ1v) is 5.87. The first-order chi connectivity index (χ1) is 9.10. The normalized spacial score (nSPS) is 10.2. The van der Waals surface area contributed by atoms with Crippen molar-refractivity contribution in [1.82, 2.24) is 5.32 Å². The van der Waals surface area contributed by atoms with Crippen molar-refractivity contribution in [3.63, 3.8) is 0 Å². The Hall–Kier alpha value is -2.43. The summed E-state index contributed by atoms with van der Waals surface area (Å²) in [7, 11) is 1.51. The molecule has 5 heteroatoms. The van der Waals surface area contributed by atoms with Gasteiger partial charge in [0.2, 0.25) is 0 Å². The zero-order valence-electron chi connectivity index (χ0n) is 10.9. The van der Waals surface area contributed by atoms with Gasteiger partial charge >= 0.3 is 0 Å². The zero-order valence-corrected chi connectivity index (χ0v) is 10.9. The lowest BCUT2D eigenvalue weighted by Crippen LogP contribution is -2.22. The van der Waals surface area contributed by atoms with Gasteiger partial charge in [-0.3, -0.25) is 4.79 Å². The first kappa shape index (κ1) is 13.0. The quantitative estimate of drug-likeness (QED) is 0.825. The summed E-state index contributed by atoms with van der Waals surface area (Å²) in [6, 6.07) is 8.59. The SMILES string of the molecule is COc1cc(C(=O)NCc2ccc(C)o2)ccc1N. The molecule has 1 aromatic carbocycles. The molecule has 0 aliphatic heterocycles. The van der Waals surface area contributed by atoms with E-state index in [1.807, 2.05) is 19.1 Å². The third-order valence-corrected chi connectivity index (χ3v) is 2.71. The number of carbonyl (C=O) groups is 1. The number of nitrogens with one attached hydrogen (secondary N) is 1. The number of nitrogen functional groups attached to an aromatic ring is 1. The highest BCUT2D eigenvalue weighted by Crippen LogP contribution is 2.22. The minimum atomic E-state index is -0.202. The minimum absolute atomic E-state index is 0.202. The maximum atomic E-state index is 12.0. The third kappa shape index (κ3) is 3.07. The second-order valence-corrected chi connectivity index (χ2v) is 4.15. The van der Waals surface area contributed by atoms with Gasteiger partial charge in [0.15, 0.2) is 0 Å². The maximum Gasteiger partial charge on any atom is 0.251 e. The molecule has 5 nitrogen and oxygen atoms in total. The summed E-state index contributed by atoms with van der Waals surface area (Å²) in [5, 5.41) is 2.77. The Morgan fingerprint density at radius 3 is 2.79 bits per heavy atom. The van der Waals surface area contributed by atoms with Crippen molar-refractivity contribution < 1.29 is 13.9 Å². The second kappa shape index (κ2) is 5.48. The molecule has 0 saturated heterocycles. The van der Waals surface area contributed by atoms with Crippen molar-refractivity contribution in [2.45, 2.75) is 13.5 Å². The standard InChI is InChI=1S/C14H16N2O3/c1-9-3-5-11(19-9)8-16-14(17)10-4-6-12(15)13(7-10)18-2/h3-7H,8,15H2,1-2H3,(H,16,17). The molecule has 0 spiro atoms. The van der Waals surface area contributed by atoms with Crippen LogP contribution in [0.2, 0.25) is 0 Å². The Labute approximate surface area is 111 Å². The molecule has 100 valence electrons. The Balaban J connectivity index is 2.03. The van der Waals surface area contributed by atoms with E-state index in [1.165, 1.54) is 7.11 Å². The summed E-state index contributed by atoms with van der Waals surface area (Å²) in [6.45, 7) is 2.20. The van der Waals surface area contributed by atoms with Gasteiger partial charge in [-0.05, 0) is 37.3 Å². The minimum Gasteiger partial charge on any atom is -0.495 e.